The van der Waals surface area contributed by atoms with Crippen molar-refractivity contribution in [2.24, 2.45) is 0 Å². The second-order valence-corrected chi connectivity index (χ2v) is 11.6. The molecule has 0 radical (unpaired) electrons. The SMILES string of the molecule is CN1CCN(C[C@H](O)COc2ccc3c4oc(=O)c(Sc5ccccc5F)c(O)c4c(=O)n(-c4ccccc4)c3c2)CC1. The number of rotatable bonds is 8. The second kappa shape index (κ2) is 12.2. The van der Waals surface area contributed by atoms with Gasteiger partial charge >= 0.3 is 5.63 Å². The molecule has 1 fully saturated rings. The normalized spacial score (nSPS) is 15.2. The van der Waals surface area contributed by atoms with E-state index in [1.807, 2.05) is 6.07 Å². The number of likely N-dealkylation sites (N-methyl/N-ethyl adjacent to an activating group) is 1. The van der Waals surface area contributed by atoms with Gasteiger partial charge in [-0.3, -0.25) is 14.3 Å². The molecule has 0 saturated carbocycles. The Morgan fingerprint density at radius 3 is 2.47 bits per heavy atom. The van der Waals surface area contributed by atoms with E-state index < -0.39 is 28.9 Å². The van der Waals surface area contributed by atoms with Crippen molar-refractivity contribution < 1.29 is 23.8 Å². The standard InChI is InChI=1S/C32H30FN3O6S/c1-34-13-15-35(16-14-34)18-21(37)19-41-22-11-12-23-25(17-22)36(20-7-3-2-4-8-20)31(39)27-28(38)30(32(40)42-29(23)27)43-26-10-6-5-9-24(26)33/h2-12,17,21,37-38H,13-16,18-19H2,1H3/t21-/m0/s1. The first-order valence-corrected chi connectivity index (χ1v) is 14.7. The molecule has 0 bridgehead atoms. The van der Waals surface area contributed by atoms with Gasteiger partial charge in [0, 0.05) is 54.8 Å². The molecule has 0 spiro atoms. The molecular formula is C32H30FN3O6S. The molecule has 0 aliphatic carbocycles. The fraction of sp³-hybridized carbons (Fsp3) is 0.250. The molecule has 222 valence electrons. The van der Waals surface area contributed by atoms with Gasteiger partial charge in [-0.15, -0.1) is 0 Å². The molecular weight excluding hydrogens is 573 g/mol. The Labute approximate surface area is 250 Å². The summed E-state index contributed by atoms with van der Waals surface area (Å²) in [6.45, 7) is 4.17. The highest BCUT2D eigenvalue weighted by Crippen LogP contribution is 2.38. The third-order valence-corrected chi connectivity index (χ3v) is 8.62. The van der Waals surface area contributed by atoms with Crippen molar-refractivity contribution >= 4 is 33.6 Å². The van der Waals surface area contributed by atoms with Gasteiger partial charge in [0.05, 0.1) is 5.52 Å². The Bertz CT molecular complexity index is 1900. The van der Waals surface area contributed by atoms with Gasteiger partial charge in [-0.25, -0.2) is 9.18 Å². The number of pyridine rings is 1. The summed E-state index contributed by atoms with van der Waals surface area (Å²) >= 11 is 0.693. The number of β-amino-alcohol motifs (C(OH)–C–C–N with tert-alkyl or cyclic N) is 1. The first-order valence-electron chi connectivity index (χ1n) is 13.9. The van der Waals surface area contributed by atoms with Gasteiger partial charge in [0.15, 0.2) is 11.3 Å². The molecule has 2 aromatic heterocycles. The number of piperazine rings is 1. The summed E-state index contributed by atoms with van der Waals surface area (Å²) in [5.74, 6) is -0.747. The van der Waals surface area contributed by atoms with E-state index in [0.29, 0.717) is 40.6 Å². The Balaban J connectivity index is 1.41. The number of hydrogen-bond acceptors (Lipinski definition) is 9. The van der Waals surface area contributed by atoms with Gasteiger partial charge in [0.25, 0.3) is 5.56 Å². The minimum Gasteiger partial charge on any atom is -0.505 e. The molecule has 2 N–H and O–H groups in total. The van der Waals surface area contributed by atoms with Crippen molar-refractivity contribution in [2.75, 3.05) is 46.4 Å². The van der Waals surface area contributed by atoms with Crippen molar-refractivity contribution in [1.82, 2.24) is 14.4 Å². The summed E-state index contributed by atoms with van der Waals surface area (Å²) < 4.78 is 27.4. The number of halogens is 1. The maximum absolute atomic E-state index is 14.4. The van der Waals surface area contributed by atoms with Crippen LogP contribution in [0.25, 0.3) is 27.6 Å². The van der Waals surface area contributed by atoms with Crippen LogP contribution in [0.2, 0.25) is 0 Å². The number of aliphatic hydroxyl groups excluding tert-OH is 1. The van der Waals surface area contributed by atoms with Crippen LogP contribution in [0.5, 0.6) is 11.5 Å². The number of aromatic hydroxyl groups is 1. The van der Waals surface area contributed by atoms with E-state index in [1.165, 1.54) is 22.8 Å². The van der Waals surface area contributed by atoms with Crippen LogP contribution >= 0.6 is 11.8 Å². The van der Waals surface area contributed by atoms with Gasteiger partial charge < -0.3 is 24.3 Å². The quantitative estimate of drug-likeness (QED) is 0.254. The number of ether oxygens (including phenoxy) is 1. The minimum absolute atomic E-state index is 0.0491. The van der Waals surface area contributed by atoms with Crippen LogP contribution < -0.4 is 15.9 Å². The topological polar surface area (TPSA) is 108 Å². The fourth-order valence-electron chi connectivity index (χ4n) is 5.23. The van der Waals surface area contributed by atoms with Crippen LogP contribution in [0.3, 0.4) is 0 Å². The highest BCUT2D eigenvalue weighted by molar-refractivity contribution is 7.99. The number of benzene rings is 3. The lowest BCUT2D eigenvalue weighted by atomic mass is 10.1. The number of aromatic nitrogens is 1. The molecule has 1 atom stereocenters. The molecule has 3 aromatic carbocycles. The average Bonchev–Trinajstić information content (AvgIpc) is 3.00. The molecule has 9 nitrogen and oxygen atoms in total. The highest BCUT2D eigenvalue weighted by Gasteiger charge is 2.24. The van der Waals surface area contributed by atoms with Crippen LogP contribution in [-0.2, 0) is 0 Å². The van der Waals surface area contributed by atoms with Crippen LogP contribution in [-0.4, -0.2) is 77.1 Å². The van der Waals surface area contributed by atoms with Gasteiger partial charge in [-0.05, 0) is 43.4 Å². The van der Waals surface area contributed by atoms with Crippen LogP contribution in [0.15, 0.2) is 96.6 Å². The van der Waals surface area contributed by atoms with E-state index in [9.17, 15) is 24.2 Å². The molecule has 0 amide bonds. The highest BCUT2D eigenvalue weighted by atomic mass is 32.2. The Morgan fingerprint density at radius 1 is 1.00 bits per heavy atom. The summed E-state index contributed by atoms with van der Waals surface area (Å²) in [5, 5.41) is 22.1. The van der Waals surface area contributed by atoms with E-state index in [0.717, 1.165) is 26.2 Å². The van der Waals surface area contributed by atoms with Crippen molar-refractivity contribution in [3.05, 3.63) is 99.4 Å². The number of fused-ring (bicyclic) bond motifs is 3. The maximum Gasteiger partial charge on any atom is 0.354 e. The Kier molecular flexibility index (Phi) is 8.22. The summed E-state index contributed by atoms with van der Waals surface area (Å²) in [6, 6.07) is 19.6. The zero-order valence-electron chi connectivity index (χ0n) is 23.4. The second-order valence-electron chi connectivity index (χ2n) is 10.5. The van der Waals surface area contributed by atoms with Gasteiger partial charge in [-0.2, -0.15) is 0 Å². The zero-order valence-corrected chi connectivity index (χ0v) is 24.2. The van der Waals surface area contributed by atoms with Crippen molar-refractivity contribution in [3.63, 3.8) is 0 Å². The van der Waals surface area contributed by atoms with E-state index in [4.69, 9.17) is 9.15 Å². The van der Waals surface area contributed by atoms with E-state index in [2.05, 4.69) is 16.8 Å². The van der Waals surface area contributed by atoms with E-state index >= 15 is 0 Å². The predicted octanol–water partition coefficient (Wildman–Crippen LogP) is 4.08. The molecule has 1 aliphatic heterocycles. The van der Waals surface area contributed by atoms with Crippen molar-refractivity contribution in [3.8, 4) is 17.2 Å². The number of hydrogen-bond donors (Lipinski definition) is 2. The smallest absolute Gasteiger partial charge is 0.354 e. The van der Waals surface area contributed by atoms with Crippen LogP contribution in [0.1, 0.15) is 0 Å². The largest absolute Gasteiger partial charge is 0.505 e. The van der Waals surface area contributed by atoms with E-state index in [-0.39, 0.29) is 27.4 Å². The summed E-state index contributed by atoms with van der Waals surface area (Å²) in [7, 11) is 2.07. The monoisotopic (exact) mass is 603 g/mol. The molecule has 5 aromatic rings. The number of para-hydroxylation sites is 1. The lowest BCUT2D eigenvalue weighted by Crippen LogP contribution is -2.47. The third kappa shape index (κ3) is 5.89. The molecule has 43 heavy (non-hydrogen) atoms. The average molecular weight is 604 g/mol. The summed E-state index contributed by atoms with van der Waals surface area (Å²) in [6.07, 6.45) is -0.715. The minimum atomic E-state index is -0.899. The first kappa shape index (κ1) is 28.9. The lowest BCUT2D eigenvalue weighted by Gasteiger charge is -2.33. The third-order valence-electron chi connectivity index (χ3n) is 7.50. The molecule has 0 unspecified atom stereocenters. The predicted molar refractivity (Wildman–Crippen MR) is 163 cm³/mol. The van der Waals surface area contributed by atoms with Crippen molar-refractivity contribution in [1.29, 1.82) is 0 Å². The van der Waals surface area contributed by atoms with Crippen LogP contribution in [0, 0.1) is 5.82 Å². The fourth-order valence-corrected chi connectivity index (χ4v) is 6.09. The van der Waals surface area contributed by atoms with Crippen molar-refractivity contribution in [2.45, 2.75) is 15.9 Å². The van der Waals surface area contributed by atoms with Gasteiger partial charge in [0.1, 0.15) is 34.6 Å². The summed E-state index contributed by atoms with van der Waals surface area (Å²) in [4.78, 5) is 31.4. The molecule has 3 heterocycles. The maximum atomic E-state index is 14.4. The number of nitrogens with zero attached hydrogens (tertiary/aromatic N) is 3. The summed E-state index contributed by atoms with van der Waals surface area (Å²) in [5.41, 5.74) is -0.719. The molecule has 6 rings (SSSR count). The molecule has 1 aliphatic rings. The number of aliphatic hydroxyl groups is 1. The van der Waals surface area contributed by atoms with Gasteiger partial charge in [-0.1, -0.05) is 42.1 Å². The van der Waals surface area contributed by atoms with Crippen LogP contribution in [0.4, 0.5) is 4.39 Å². The Morgan fingerprint density at radius 2 is 1.72 bits per heavy atom. The lowest BCUT2D eigenvalue weighted by molar-refractivity contribution is 0.0505. The van der Waals surface area contributed by atoms with E-state index in [1.54, 1.807) is 48.5 Å². The first-order chi connectivity index (χ1) is 20.8. The van der Waals surface area contributed by atoms with Gasteiger partial charge in [0.2, 0.25) is 0 Å². The Hall–Kier alpha value is -4.16. The molecule has 11 heteroatoms. The molecule has 1 saturated heterocycles. The zero-order chi connectivity index (χ0) is 30.1.